The van der Waals surface area contributed by atoms with E-state index >= 15 is 0 Å². The van der Waals surface area contributed by atoms with Crippen LogP contribution in [-0.4, -0.2) is 18.5 Å². The van der Waals surface area contributed by atoms with Gasteiger partial charge < -0.3 is 9.47 Å². The Morgan fingerprint density at radius 1 is 1.12 bits per heavy atom. The van der Waals surface area contributed by atoms with Gasteiger partial charge in [0.15, 0.2) is 0 Å². The van der Waals surface area contributed by atoms with Crippen molar-refractivity contribution in [1.82, 2.24) is 0 Å². The predicted octanol–water partition coefficient (Wildman–Crippen LogP) is 2.52. The maximum absolute atomic E-state index is 11.2. The molecule has 0 aromatic carbocycles. The molecule has 0 spiro atoms. The molecule has 0 fully saturated rings. The first-order valence-corrected chi connectivity index (χ1v) is 5.24. The Kier molecular flexibility index (Phi) is 6.63. The molecule has 0 aromatic heterocycles. The molecule has 0 amide bonds. The minimum Gasteiger partial charge on any atom is -0.462 e. The molecular formula is C13H18O4. The zero-order chi connectivity index (χ0) is 13.4. The van der Waals surface area contributed by atoms with Crippen molar-refractivity contribution in [2.45, 2.75) is 27.2 Å². The highest BCUT2D eigenvalue weighted by atomic mass is 16.5. The molecule has 0 aliphatic heterocycles. The summed E-state index contributed by atoms with van der Waals surface area (Å²) in [4.78, 5) is 22.3. The van der Waals surface area contributed by atoms with Crippen molar-refractivity contribution in [3.8, 4) is 0 Å². The zero-order valence-electron chi connectivity index (χ0n) is 10.5. The van der Waals surface area contributed by atoms with Crippen LogP contribution in [0.5, 0.6) is 0 Å². The maximum atomic E-state index is 11.2. The van der Waals surface area contributed by atoms with Gasteiger partial charge in [-0.15, -0.1) is 0 Å². The lowest BCUT2D eigenvalue weighted by Gasteiger charge is -2.08. The van der Waals surface area contributed by atoms with Crippen LogP contribution in [0.1, 0.15) is 27.2 Å². The monoisotopic (exact) mass is 238 g/mol. The van der Waals surface area contributed by atoms with E-state index in [9.17, 15) is 9.59 Å². The van der Waals surface area contributed by atoms with Crippen LogP contribution in [0.15, 0.2) is 36.1 Å². The molecule has 0 aromatic rings. The molecule has 0 atom stereocenters. The second kappa shape index (κ2) is 7.44. The number of hydrogen-bond acceptors (Lipinski definition) is 4. The van der Waals surface area contributed by atoms with Crippen LogP contribution < -0.4 is 0 Å². The molecule has 0 rings (SSSR count). The molecule has 0 N–H and O–H groups in total. The van der Waals surface area contributed by atoms with E-state index in [4.69, 9.17) is 9.47 Å². The lowest BCUT2D eigenvalue weighted by atomic mass is 10.3. The fourth-order valence-corrected chi connectivity index (χ4v) is 0.828. The Hall–Kier alpha value is -1.84. The average molecular weight is 238 g/mol. The number of hydrogen-bond donors (Lipinski definition) is 0. The first-order valence-electron chi connectivity index (χ1n) is 5.24. The van der Waals surface area contributed by atoms with Gasteiger partial charge in [0.25, 0.3) is 0 Å². The zero-order valence-corrected chi connectivity index (χ0v) is 10.5. The largest absolute Gasteiger partial charge is 0.462 e. The van der Waals surface area contributed by atoms with Gasteiger partial charge in [-0.2, -0.15) is 0 Å². The Morgan fingerprint density at radius 2 is 1.65 bits per heavy atom. The Bertz CT molecular complexity index is 364. The Labute approximate surface area is 102 Å². The number of carbonyl (C=O) groups excluding carboxylic acids is 2. The first kappa shape index (κ1) is 15.2. The number of esters is 2. The summed E-state index contributed by atoms with van der Waals surface area (Å²) in [6.07, 6.45) is 1.99. The molecule has 0 radical (unpaired) electrons. The van der Waals surface area contributed by atoms with Crippen LogP contribution in [0.4, 0.5) is 0 Å². The fraction of sp³-hybridized carbons (Fsp3) is 0.385. The molecule has 0 unspecified atom stereocenters. The topological polar surface area (TPSA) is 52.6 Å². The summed E-state index contributed by atoms with van der Waals surface area (Å²) in [6.45, 7) is 12.0. The van der Waals surface area contributed by atoms with Crippen molar-refractivity contribution in [1.29, 1.82) is 0 Å². The Morgan fingerprint density at radius 3 is 2.06 bits per heavy atom. The SMILES string of the molecule is C=C(C)C(=O)OCCC(=CC)OC(=O)C(=C)C. The van der Waals surface area contributed by atoms with E-state index in [0.29, 0.717) is 23.3 Å². The van der Waals surface area contributed by atoms with Crippen LogP contribution in [-0.2, 0) is 19.1 Å². The van der Waals surface area contributed by atoms with Crippen molar-refractivity contribution in [2.24, 2.45) is 0 Å². The summed E-state index contributed by atoms with van der Waals surface area (Å²) in [6, 6.07) is 0. The quantitative estimate of drug-likeness (QED) is 0.405. The normalized spacial score (nSPS) is 10.6. The third-order valence-electron chi connectivity index (χ3n) is 1.82. The van der Waals surface area contributed by atoms with E-state index in [0.717, 1.165) is 0 Å². The van der Waals surface area contributed by atoms with E-state index < -0.39 is 11.9 Å². The molecule has 0 aliphatic carbocycles. The molecule has 0 saturated heterocycles. The van der Waals surface area contributed by atoms with Gasteiger partial charge in [0.2, 0.25) is 0 Å². The summed E-state index contributed by atoms with van der Waals surface area (Å²) in [5.74, 6) is -0.483. The van der Waals surface area contributed by atoms with E-state index in [2.05, 4.69) is 13.2 Å². The summed E-state index contributed by atoms with van der Waals surface area (Å²) < 4.78 is 9.90. The first-order chi connectivity index (χ1) is 7.88. The summed E-state index contributed by atoms with van der Waals surface area (Å²) in [5, 5.41) is 0. The van der Waals surface area contributed by atoms with Gasteiger partial charge in [-0.3, -0.25) is 0 Å². The van der Waals surface area contributed by atoms with Crippen LogP contribution in [0.3, 0.4) is 0 Å². The van der Waals surface area contributed by atoms with E-state index in [1.807, 2.05) is 0 Å². The van der Waals surface area contributed by atoms with Gasteiger partial charge in [0, 0.05) is 17.6 Å². The van der Waals surface area contributed by atoms with Crippen molar-refractivity contribution >= 4 is 11.9 Å². The van der Waals surface area contributed by atoms with Crippen molar-refractivity contribution in [3.05, 3.63) is 36.1 Å². The summed E-state index contributed by atoms with van der Waals surface area (Å²) in [5.41, 5.74) is 0.661. The van der Waals surface area contributed by atoms with Crippen LogP contribution in [0.2, 0.25) is 0 Å². The standard InChI is InChI=1S/C13H18O4/c1-6-11(17-13(15)10(4)5)7-8-16-12(14)9(2)3/h6H,2,4,7-8H2,1,3,5H3. The second-order valence-corrected chi connectivity index (χ2v) is 3.59. The van der Waals surface area contributed by atoms with Crippen molar-refractivity contribution in [2.75, 3.05) is 6.61 Å². The van der Waals surface area contributed by atoms with Crippen molar-refractivity contribution in [3.63, 3.8) is 0 Å². The molecule has 0 aliphatic rings. The van der Waals surface area contributed by atoms with E-state index in [-0.39, 0.29) is 6.61 Å². The molecule has 0 saturated carbocycles. The van der Waals surface area contributed by atoms with E-state index in [1.54, 1.807) is 26.8 Å². The van der Waals surface area contributed by atoms with E-state index in [1.165, 1.54) is 0 Å². The lowest BCUT2D eigenvalue weighted by molar-refractivity contribution is -0.139. The maximum Gasteiger partial charge on any atom is 0.338 e. The number of rotatable bonds is 6. The molecule has 17 heavy (non-hydrogen) atoms. The molecule has 0 bridgehead atoms. The Balaban J connectivity index is 4.09. The molecule has 94 valence electrons. The van der Waals surface area contributed by atoms with Gasteiger partial charge in [-0.25, -0.2) is 9.59 Å². The van der Waals surface area contributed by atoms with Gasteiger partial charge >= 0.3 is 11.9 Å². The van der Waals surface area contributed by atoms with Gasteiger partial charge in [-0.1, -0.05) is 13.2 Å². The van der Waals surface area contributed by atoms with Gasteiger partial charge in [0.1, 0.15) is 5.76 Å². The molecule has 4 heteroatoms. The minimum absolute atomic E-state index is 0.148. The second-order valence-electron chi connectivity index (χ2n) is 3.59. The summed E-state index contributed by atoms with van der Waals surface area (Å²) >= 11 is 0. The molecule has 0 heterocycles. The minimum atomic E-state index is -0.482. The highest BCUT2D eigenvalue weighted by molar-refractivity contribution is 5.88. The van der Waals surface area contributed by atoms with Gasteiger partial charge in [-0.05, 0) is 26.8 Å². The number of ether oxygens (including phenoxy) is 2. The van der Waals surface area contributed by atoms with Crippen LogP contribution in [0.25, 0.3) is 0 Å². The van der Waals surface area contributed by atoms with Crippen LogP contribution in [0, 0.1) is 0 Å². The highest BCUT2D eigenvalue weighted by Crippen LogP contribution is 2.07. The van der Waals surface area contributed by atoms with Crippen molar-refractivity contribution < 1.29 is 19.1 Å². The number of allylic oxidation sites excluding steroid dienone is 1. The lowest BCUT2D eigenvalue weighted by Crippen LogP contribution is -2.10. The van der Waals surface area contributed by atoms with Crippen LogP contribution >= 0.6 is 0 Å². The molecular weight excluding hydrogens is 220 g/mol. The average Bonchev–Trinajstić information content (AvgIpc) is 2.26. The molecule has 4 nitrogen and oxygen atoms in total. The third kappa shape index (κ3) is 6.35. The predicted molar refractivity (Wildman–Crippen MR) is 65.1 cm³/mol. The number of carbonyl (C=O) groups is 2. The fourth-order valence-electron chi connectivity index (χ4n) is 0.828. The van der Waals surface area contributed by atoms with Gasteiger partial charge in [0.05, 0.1) is 6.61 Å². The summed E-state index contributed by atoms with van der Waals surface area (Å²) in [7, 11) is 0. The third-order valence-corrected chi connectivity index (χ3v) is 1.82. The smallest absolute Gasteiger partial charge is 0.338 e. The highest BCUT2D eigenvalue weighted by Gasteiger charge is 2.09.